The zero-order chi connectivity index (χ0) is 13.5. The van der Waals surface area contributed by atoms with Crippen LogP contribution in [0.1, 0.15) is 46.0 Å². The van der Waals surface area contributed by atoms with Gasteiger partial charge in [-0.2, -0.15) is 0 Å². The van der Waals surface area contributed by atoms with E-state index in [0.717, 1.165) is 31.9 Å². The Kier molecular flexibility index (Phi) is 6.12. The Morgan fingerprint density at radius 3 is 2.95 bits per heavy atom. The molecule has 2 heteroatoms. The SMILES string of the molecule is CCC1=CCC(OCCN2CCC[C@@H](C)CC2)C=C1. The van der Waals surface area contributed by atoms with Crippen molar-refractivity contribution in [3.63, 3.8) is 0 Å². The summed E-state index contributed by atoms with van der Waals surface area (Å²) < 4.78 is 5.97. The third-order valence-electron chi connectivity index (χ3n) is 4.39. The maximum absolute atomic E-state index is 5.97. The van der Waals surface area contributed by atoms with E-state index in [-0.39, 0.29) is 0 Å². The van der Waals surface area contributed by atoms with Gasteiger partial charge in [0.2, 0.25) is 0 Å². The molecule has 1 aliphatic carbocycles. The number of hydrogen-bond acceptors (Lipinski definition) is 2. The normalized spacial score (nSPS) is 29.1. The fourth-order valence-corrected chi connectivity index (χ4v) is 2.91. The third kappa shape index (κ3) is 5.12. The van der Waals surface area contributed by atoms with E-state index in [1.165, 1.54) is 37.9 Å². The average molecular weight is 263 g/mol. The summed E-state index contributed by atoms with van der Waals surface area (Å²) in [5, 5.41) is 0. The Balaban J connectivity index is 1.62. The van der Waals surface area contributed by atoms with Crippen LogP contribution in [0.15, 0.2) is 23.8 Å². The highest BCUT2D eigenvalue weighted by Crippen LogP contribution is 2.17. The lowest BCUT2D eigenvalue weighted by atomic mass is 10.0. The summed E-state index contributed by atoms with van der Waals surface area (Å²) in [7, 11) is 0. The summed E-state index contributed by atoms with van der Waals surface area (Å²) in [5.74, 6) is 0.907. The van der Waals surface area contributed by atoms with Gasteiger partial charge < -0.3 is 9.64 Å². The van der Waals surface area contributed by atoms with Crippen molar-refractivity contribution in [1.82, 2.24) is 4.90 Å². The van der Waals surface area contributed by atoms with E-state index in [2.05, 4.69) is 37.0 Å². The fourth-order valence-electron chi connectivity index (χ4n) is 2.91. The highest BCUT2D eigenvalue weighted by Gasteiger charge is 2.14. The van der Waals surface area contributed by atoms with Crippen LogP contribution in [0.25, 0.3) is 0 Å². The predicted molar refractivity (Wildman–Crippen MR) is 81.3 cm³/mol. The molecule has 0 spiro atoms. The van der Waals surface area contributed by atoms with Gasteiger partial charge in [-0.3, -0.25) is 0 Å². The van der Waals surface area contributed by atoms with Crippen molar-refractivity contribution < 1.29 is 4.74 Å². The Morgan fingerprint density at radius 2 is 2.21 bits per heavy atom. The van der Waals surface area contributed by atoms with Crippen LogP contribution in [0.4, 0.5) is 0 Å². The Labute approximate surface area is 118 Å². The molecule has 1 saturated heterocycles. The molecule has 0 aromatic carbocycles. The summed E-state index contributed by atoms with van der Waals surface area (Å²) in [6.45, 7) is 9.07. The highest BCUT2D eigenvalue weighted by molar-refractivity contribution is 5.23. The summed E-state index contributed by atoms with van der Waals surface area (Å²) in [6.07, 6.45) is 13.4. The molecule has 2 aliphatic rings. The van der Waals surface area contributed by atoms with E-state index in [1.807, 2.05) is 0 Å². The minimum atomic E-state index is 0.307. The molecule has 2 nitrogen and oxygen atoms in total. The molecule has 0 radical (unpaired) electrons. The second-order valence-electron chi connectivity index (χ2n) is 6.01. The first-order valence-corrected chi connectivity index (χ1v) is 7.99. The van der Waals surface area contributed by atoms with Crippen molar-refractivity contribution in [3.8, 4) is 0 Å². The van der Waals surface area contributed by atoms with Crippen LogP contribution < -0.4 is 0 Å². The van der Waals surface area contributed by atoms with Crippen LogP contribution in [0.3, 0.4) is 0 Å². The van der Waals surface area contributed by atoms with Gasteiger partial charge in [-0.1, -0.05) is 37.6 Å². The zero-order valence-electron chi connectivity index (χ0n) is 12.6. The smallest absolute Gasteiger partial charge is 0.0794 e. The lowest BCUT2D eigenvalue weighted by Gasteiger charge is -2.22. The zero-order valence-corrected chi connectivity index (χ0v) is 12.6. The van der Waals surface area contributed by atoms with Crippen molar-refractivity contribution in [2.45, 2.75) is 52.1 Å². The Bertz CT molecular complexity index is 321. The van der Waals surface area contributed by atoms with Crippen LogP contribution in [-0.4, -0.2) is 37.2 Å². The largest absolute Gasteiger partial charge is 0.372 e. The summed E-state index contributed by atoms with van der Waals surface area (Å²) in [5.41, 5.74) is 1.45. The van der Waals surface area contributed by atoms with Gasteiger partial charge in [-0.25, -0.2) is 0 Å². The van der Waals surface area contributed by atoms with Crippen LogP contribution in [0, 0.1) is 5.92 Å². The van der Waals surface area contributed by atoms with Gasteiger partial charge >= 0.3 is 0 Å². The van der Waals surface area contributed by atoms with Crippen molar-refractivity contribution in [1.29, 1.82) is 0 Å². The van der Waals surface area contributed by atoms with Crippen LogP contribution in [-0.2, 0) is 4.74 Å². The Hall–Kier alpha value is -0.600. The summed E-state index contributed by atoms with van der Waals surface area (Å²) >= 11 is 0. The van der Waals surface area contributed by atoms with E-state index in [0.29, 0.717) is 6.10 Å². The van der Waals surface area contributed by atoms with Crippen LogP contribution in [0.2, 0.25) is 0 Å². The van der Waals surface area contributed by atoms with E-state index in [1.54, 1.807) is 0 Å². The first-order valence-electron chi connectivity index (χ1n) is 7.99. The highest BCUT2D eigenvalue weighted by atomic mass is 16.5. The minimum Gasteiger partial charge on any atom is -0.372 e. The molecule has 1 fully saturated rings. The summed E-state index contributed by atoms with van der Waals surface area (Å²) in [6, 6.07) is 0. The molecule has 1 unspecified atom stereocenters. The van der Waals surface area contributed by atoms with Gasteiger partial charge in [0, 0.05) is 6.54 Å². The molecule has 0 amide bonds. The third-order valence-corrected chi connectivity index (χ3v) is 4.39. The molecular weight excluding hydrogens is 234 g/mol. The maximum Gasteiger partial charge on any atom is 0.0794 e. The number of allylic oxidation sites excluding steroid dienone is 2. The Morgan fingerprint density at radius 1 is 1.32 bits per heavy atom. The van der Waals surface area contributed by atoms with Gasteiger partial charge in [-0.15, -0.1) is 0 Å². The second kappa shape index (κ2) is 7.86. The van der Waals surface area contributed by atoms with Crippen molar-refractivity contribution in [2.75, 3.05) is 26.2 Å². The van der Waals surface area contributed by atoms with Crippen LogP contribution in [0.5, 0.6) is 0 Å². The molecule has 0 N–H and O–H groups in total. The van der Waals surface area contributed by atoms with Gasteiger partial charge in [0.05, 0.1) is 12.7 Å². The minimum absolute atomic E-state index is 0.307. The predicted octanol–water partition coefficient (Wildman–Crippen LogP) is 3.79. The molecule has 2 rings (SSSR count). The molecule has 0 aromatic heterocycles. The monoisotopic (exact) mass is 263 g/mol. The quantitative estimate of drug-likeness (QED) is 0.748. The van der Waals surface area contributed by atoms with E-state index in [4.69, 9.17) is 4.74 Å². The first-order chi connectivity index (χ1) is 9.28. The first kappa shape index (κ1) is 14.8. The average Bonchev–Trinajstić information content (AvgIpc) is 2.65. The number of rotatable bonds is 5. The fraction of sp³-hybridized carbons (Fsp3) is 0.765. The number of likely N-dealkylation sites (tertiary alicyclic amines) is 1. The molecule has 2 atom stereocenters. The lowest BCUT2D eigenvalue weighted by molar-refractivity contribution is 0.0657. The van der Waals surface area contributed by atoms with Crippen molar-refractivity contribution in [3.05, 3.63) is 23.8 Å². The van der Waals surface area contributed by atoms with E-state index in [9.17, 15) is 0 Å². The lowest BCUT2D eigenvalue weighted by Crippen LogP contribution is -2.30. The standard InChI is InChI=1S/C17H29NO/c1-3-16-6-8-17(9-7-16)19-14-13-18-11-4-5-15(2)10-12-18/h6-8,15,17H,3-5,9-14H2,1-2H3/t15-,17?/m1/s1. The van der Waals surface area contributed by atoms with Crippen LogP contribution >= 0.6 is 0 Å². The molecule has 0 bridgehead atoms. The topological polar surface area (TPSA) is 12.5 Å². The van der Waals surface area contributed by atoms with Gasteiger partial charge in [0.1, 0.15) is 0 Å². The van der Waals surface area contributed by atoms with E-state index >= 15 is 0 Å². The molecule has 0 saturated carbocycles. The molecule has 108 valence electrons. The molecule has 1 heterocycles. The van der Waals surface area contributed by atoms with Gasteiger partial charge in [0.25, 0.3) is 0 Å². The second-order valence-corrected chi connectivity index (χ2v) is 6.01. The molecule has 0 aromatic rings. The maximum atomic E-state index is 5.97. The van der Waals surface area contributed by atoms with Crippen molar-refractivity contribution in [2.24, 2.45) is 5.92 Å². The van der Waals surface area contributed by atoms with Gasteiger partial charge in [0.15, 0.2) is 0 Å². The number of ether oxygens (including phenoxy) is 1. The van der Waals surface area contributed by atoms with Gasteiger partial charge in [-0.05, 0) is 51.1 Å². The molecule has 1 aliphatic heterocycles. The number of nitrogens with zero attached hydrogens (tertiary/aromatic N) is 1. The number of hydrogen-bond donors (Lipinski definition) is 0. The summed E-state index contributed by atoms with van der Waals surface area (Å²) in [4.78, 5) is 2.57. The molecule has 19 heavy (non-hydrogen) atoms. The molecular formula is C17H29NO. The van der Waals surface area contributed by atoms with E-state index < -0.39 is 0 Å². The van der Waals surface area contributed by atoms with Crippen molar-refractivity contribution >= 4 is 0 Å².